The van der Waals surface area contributed by atoms with Crippen LogP contribution < -0.4 is 16.0 Å². The van der Waals surface area contributed by atoms with Crippen molar-refractivity contribution < 1.29 is 14.0 Å². The van der Waals surface area contributed by atoms with E-state index in [2.05, 4.69) is 21.6 Å². The summed E-state index contributed by atoms with van der Waals surface area (Å²) in [5, 5.41) is 22.4. The molecule has 2 heterocycles. The van der Waals surface area contributed by atoms with Crippen molar-refractivity contribution in [1.82, 2.24) is 10.2 Å². The summed E-state index contributed by atoms with van der Waals surface area (Å²) in [6.45, 7) is 4.00. The van der Waals surface area contributed by atoms with Gasteiger partial charge in [0.25, 0.3) is 0 Å². The summed E-state index contributed by atoms with van der Waals surface area (Å²) in [7, 11) is 0. The number of benzene rings is 2. The molecule has 0 spiro atoms. The maximum atomic E-state index is 13.7. The predicted molar refractivity (Wildman–Crippen MR) is 154 cm³/mol. The number of carbonyl (C=O) groups is 2. The molecule has 0 saturated carbocycles. The van der Waals surface area contributed by atoms with Gasteiger partial charge in [-0.2, -0.15) is 5.26 Å². The molecule has 5 rings (SSSR count). The van der Waals surface area contributed by atoms with Crippen LogP contribution in [0, 0.1) is 22.6 Å². The highest BCUT2D eigenvalue weighted by molar-refractivity contribution is 8.01. The fraction of sp³-hybridized carbons (Fsp3) is 0.250. The van der Waals surface area contributed by atoms with Gasteiger partial charge in [-0.15, -0.1) is 10.2 Å². The molecule has 0 radical (unpaired) electrons. The second-order valence-corrected chi connectivity index (χ2v) is 12.8. The Balaban J connectivity index is 1.46. The highest BCUT2D eigenvalue weighted by Gasteiger charge is 2.45. The van der Waals surface area contributed by atoms with Gasteiger partial charge < -0.3 is 11.1 Å². The maximum Gasteiger partial charge on any atom is 0.234 e. The Hall–Kier alpha value is -3.72. The summed E-state index contributed by atoms with van der Waals surface area (Å²) in [5.41, 5.74) is 8.76. The van der Waals surface area contributed by atoms with Gasteiger partial charge in [-0.3, -0.25) is 14.5 Å². The van der Waals surface area contributed by atoms with E-state index in [-0.39, 0.29) is 34.3 Å². The van der Waals surface area contributed by atoms with E-state index in [0.717, 1.165) is 0 Å². The average molecular weight is 595 g/mol. The second kappa shape index (κ2) is 11.0. The smallest absolute Gasteiger partial charge is 0.234 e. The van der Waals surface area contributed by atoms with Crippen molar-refractivity contribution in [2.45, 2.75) is 36.9 Å². The first-order chi connectivity index (χ1) is 19.1. The zero-order chi connectivity index (χ0) is 28.6. The van der Waals surface area contributed by atoms with Crippen LogP contribution in [0.1, 0.15) is 38.2 Å². The molecule has 1 atom stereocenters. The Morgan fingerprint density at radius 3 is 2.73 bits per heavy atom. The van der Waals surface area contributed by atoms with Crippen molar-refractivity contribution in [2.24, 2.45) is 11.1 Å². The number of nitrogens with one attached hydrogen (secondary N) is 1. The van der Waals surface area contributed by atoms with E-state index in [0.29, 0.717) is 49.9 Å². The molecule has 2 aliphatic rings. The molecular weight excluding hydrogens is 571 g/mol. The Kier molecular flexibility index (Phi) is 7.68. The number of ketones is 1. The normalized spacial score (nSPS) is 18.4. The molecule has 1 aromatic heterocycles. The van der Waals surface area contributed by atoms with E-state index in [4.69, 9.17) is 17.3 Å². The second-order valence-electron chi connectivity index (χ2n) is 10.2. The van der Waals surface area contributed by atoms with Gasteiger partial charge in [0.15, 0.2) is 10.1 Å². The number of amides is 1. The zero-order valence-corrected chi connectivity index (χ0v) is 24.0. The molecule has 1 aliphatic heterocycles. The summed E-state index contributed by atoms with van der Waals surface area (Å²) in [4.78, 5) is 27.7. The lowest BCUT2D eigenvalue weighted by molar-refractivity contribution is -0.118. The minimum Gasteiger partial charge on any atom is -0.384 e. The van der Waals surface area contributed by atoms with E-state index in [1.807, 2.05) is 13.8 Å². The molecule has 1 amide bonds. The first-order valence-electron chi connectivity index (χ1n) is 12.3. The van der Waals surface area contributed by atoms with Crippen molar-refractivity contribution in [2.75, 3.05) is 16.0 Å². The Morgan fingerprint density at radius 2 is 2.02 bits per heavy atom. The van der Waals surface area contributed by atoms with Crippen LogP contribution in [0.25, 0.3) is 0 Å². The number of Topliss-reactive ketones (excluding diaryl/α,β-unsaturated/α-hetero) is 1. The maximum absolute atomic E-state index is 13.7. The molecule has 204 valence electrons. The number of nitrogens with two attached hydrogens (primary N) is 1. The molecule has 40 heavy (non-hydrogen) atoms. The molecule has 3 N–H and O–H groups in total. The minimum absolute atomic E-state index is 0.0853. The van der Waals surface area contributed by atoms with Crippen molar-refractivity contribution in [1.29, 1.82) is 5.26 Å². The van der Waals surface area contributed by atoms with Gasteiger partial charge in [-0.25, -0.2) is 4.39 Å². The number of carbonyl (C=O) groups excluding carboxylic acids is 2. The SMILES string of the molecule is CC1(C)CC(=O)C2=C(C1)N(c1nnc(SCC(=O)Nc3cccc(Cl)c3)s1)C(N)=C(C#N)C2c1ccc(F)cc1. The average Bonchev–Trinajstić information content (AvgIpc) is 3.35. The van der Waals surface area contributed by atoms with Gasteiger partial charge in [-0.05, 0) is 47.7 Å². The number of halogens is 2. The molecule has 1 unspecified atom stereocenters. The number of rotatable bonds is 6. The molecule has 0 fully saturated rings. The molecule has 1 aliphatic carbocycles. The molecule has 3 aromatic rings. The Morgan fingerprint density at radius 1 is 1.27 bits per heavy atom. The summed E-state index contributed by atoms with van der Waals surface area (Å²) in [5.74, 6) is -1.23. The number of aromatic nitrogens is 2. The largest absolute Gasteiger partial charge is 0.384 e. The summed E-state index contributed by atoms with van der Waals surface area (Å²) >= 11 is 8.40. The standard InChI is InChI=1S/C28H24ClFN6O2S2/c1-28(2)11-20-24(21(37)12-28)23(15-6-8-17(30)9-7-15)19(13-31)25(32)36(20)26-34-35-27(40-26)39-14-22(38)33-18-5-3-4-16(29)10-18/h3-10,23H,11-12,14,32H2,1-2H3,(H,33,38). The van der Waals surface area contributed by atoms with E-state index in [9.17, 15) is 19.2 Å². The summed E-state index contributed by atoms with van der Waals surface area (Å²) in [6, 6.07) is 14.8. The lowest BCUT2D eigenvalue weighted by atomic mass is 9.69. The number of allylic oxidation sites excluding steroid dienone is 3. The minimum atomic E-state index is -0.711. The van der Waals surface area contributed by atoms with Gasteiger partial charge >= 0.3 is 0 Å². The molecule has 8 nitrogen and oxygen atoms in total. The number of thioether (sulfide) groups is 1. The molecule has 0 bridgehead atoms. The monoisotopic (exact) mass is 594 g/mol. The summed E-state index contributed by atoms with van der Waals surface area (Å²) in [6.07, 6.45) is 0.810. The van der Waals surface area contributed by atoms with Crippen LogP contribution >= 0.6 is 34.7 Å². The lowest BCUT2D eigenvalue weighted by Crippen LogP contribution is -2.42. The van der Waals surface area contributed by atoms with Gasteiger partial charge in [0.1, 0.15) is 11.6 Å². The van der Waals surface area contributed by atoms with Crippen LogP contribution in [-0.2, 0) is 9.59 Å². The number of hydrogen-bond donors (Lipinski definition) is 2. The topological polar surface area (TPSA) is 125 Å². The van der Waals surface area contributed by atoms with Crippen molar-refractivity contribution >= 4 is 57.2 Å². The van der Waals surface area contributed by atoms with Crippen LogP contribution in [-0.4, -0.2) is 27.6 Å². The number of nitrogens with zero attached hydrogens (tertiary/aromatic N) is 4. The van der Waals surface area contributed by atoms with Crippen LogP contribution in [0.15, 0.2) is 75.5 Å². The van der Waals surface area contributed by atoms with Gasteiger partial charge in [0.2, 0.25) is 11.0 Å². The highest BCUT2D eigenvalue weighted by atomic mass is 35.5. The fourth-order valence-electron chi connectivity index (χ4n) is 4.96. The van der Waals surface area contributed by atoms with Gasteiger partial charge in [0.05, 0.1) is 23.3 Å². The fourth-order valence-corrected chi connectivity index (χ4v) is 6.83. The van der Waals surface area contributed by atoms with Crippen LogP contribution in [0.3, 0.4) is 0 Å². The highest BCUT2D eigenvalue weighted by Crippen LogP contribution is 2.50. The summed E-state index contributed by atoms with van der Waals surface area (Å²) < 4.78 is 14.2. The van der Waals surface area contributed by atoms with E-state index in [1.54, 1.807) is 41.3 Å². The molecular formula is C28H24ClFN6O2S2. The van der Waals surface area contributed by atoms with Crippen LogP contribution in [0.4, 0.5) is 15.2 Å². The van der Waals surface area contributed by atoms with Crippen molar-refractivity contribution in [3.8, 4) is 6.07 Å². The Bertz CT molecular complexity index is 1610. The third-order valence-electron chi connectivity index (χ3n) is 6.61. The predicted octanol–water partition coefficient (Wildman–Crippen LogP) is 6.00. The Labute approximate surface area is 243 Å². The van der Waals surface area contributed by atoms with Crippen LogP contribution in [0.2, 0.25) is 5.02 Å². The number of anilines is 2. The third-order valence-corrected chi connectivity index (χ3v) is 8.88. The van der Waals surface area contributed by atoms with Crippen molar-refractivity contribution in [3.05, 3.63) is 87.6 Å². The zero-order valence-electron chi connectivity index (χ0n) is 21.6. The number of nitriles is 1. The molecule has 12 heteroatoms. The third kappa shape index (κ3) is 5.61. The number of hydrogen-bond acceptors (Lipinski definition) is 9. The van der Waals surface area contributed by atoms with Gasteiger partial charge in [0, 0.05) is 28.4 Å². The molecule has 2 aromatic carbocycles. The first-order valence-corrected chi connectivity index (χ1v) is 14.5. The van der Waals surface area contributed by atoms with E-state index >= 15 is 0 Å². The molecule has 0 saturated heterocycles. The van der Waals surface area contributed by atoms with Crippen LogP contribution in [0.5, 0.6) is 0 Å². The first kappa shape index (κ1) is 27.8. The quantitative estimate of drug-likeness (QED) is 0.333. The lowest BCUT2D eigenvalue weighted by Gasteiger charge is -2.42. The van der Waals surface area contributed by atoms with E-state index < -0.39 is 11.7 Å². The van der Waals surface area contributed by atoms with Gasteiger partial charge in [-0.1, -0.05) is 66.7 Å². The van der Waals surface area contributed by atoms with E-state index in [1.165, 1.54) is 35.2 Å². The van der Waals surface area contributed by atoms with Crippen molar-refractivity contribution in [3.63, 3.8) is 0 Å².